The van der Waals surface area contributed by atoms with Crippen LogP contribution in [0.5, 0.6) is 0 Å². The van der Waals surface area contributed by atoms with Crippen molar-refractivity contribution in [3.05, 3.63) is 30.1 Å². The lowest BCUT2D eigenvalue weighted by molar-refractivity contribution is 0.0988. The third-order valence-electron chi connectivity index (χ3n) is 2.77. The minimum atomic E-state index is 0.168. The number of nitrogens with zero attached hydrogens (tertiary/aromatic N) is 2. The molecule has 0 spiro atoms. The highest BCUT2D eigenvalue weighted by Crippen LogP contribution is 2.19. The van der Waals surface area contributed by atoms with Gasteiger partial charge in [0.2, 0.25) is 0 Å². The Bertz CT molecular complexity index is 526. The van der Waals surface area contributed by atoms with Gasteiger partial charge in [-0.1, -0.05) is 6.92 Å². The molecule has 2 rings (SSSR count). The predicted molar refractivity (Wildman–Crippen MR) is 64.7 cm³/mol. The predicted octanol–water partition coefficient (Wildman–Crippen LogP) is 3.21. The molecule has 1 heterocycles. The lowest BCUT2D eigenvalue weighted by Crippen LogP contribution is -1.99. The van der Waals surface area contributed by atoms with E-state index in [2.05, 4.69) is 23.4 Å². The van der Waals surface area contributed by atoms with Gasteiger partial charge in [0.1, 0.15) is 0 Å². The lowest BCUT2D eigenvalue weighted by Gasteiger charge is -2.07. The van der Waals surface area contributed by atoms with Gasteiger partial charge in [0.25, 0.3) is 0 Å². The van der Waals surface area contributed by atoms with Crippen LogP contribution < -0.4 is 0 Å². The van der Waals surface area contributed by atoms with Gasteiger partial charge in [-0.05, 0) is 32.0 Å². The smallest absolute Gasteiger partial charge is 0.162 e. The standard InChI is InChI=1S/C13H16N2O/c1-4-13(16)10-5-6-12-11(7-10)14-8-15(12)9(2)3/h5-9H,4H2,1-3H3. The highest BCUT2D eigenvalue weighted by atomic mass is 16.1. The fraction of sp³-hybridized carbons (Fsp3) is 0.385. The van der Waals surface area contributed by atoms with Crippen LogP contribution in [0.4, 0.5) is 0 Å². The molecule has 0 amide bonds. The molecule has 0 aliphatic heterocycles. The zero-order chi connectivity index (χ0) is 11.7. The molecule has 0 unspecified atom stereocenters. The summed E-state index contributed by atoms with van der Waals surface area (Å²) in [6.07, 6.45) is 2.37. The molecule has 0 radical (unpaired) electrons. The minimum Gasteiger partial charge on any atom is -0.328 e. The van der Waals surface area contributed by atoms with Crippen LogP contribution in [-0.4, -0.2) is 15.3 Å². The fourth-order valence-electron chi connectivity index (χ4n) is 1.82. The molecular formula is C13H16N2O. The number of aromatic nitrogens is 2. The summed E-state index contributed by atoms with van der Waals surface area (Å²) >= 11 is 0. The van der Waals surface area contributed by atoms with Gasteiger partial charge in [-0.15, -0.1) is 0 Å². The molecule has 0 N–H and O–H groups in total. The van der Waals surface area contributed by atoms with Crippen LogP contribution in [-0.2, 0) is 0 Å². The van der Waals surface area contributed by atoms with Gasteiger partial charge in [0.05, 0.1) is 17.4 Å². The molecule has 1 aromatic carbocycles. The van der Waals surface area contributed by atoms with E-state index in [-0.39, 0.29) is 5.78 Å². The van der Waals surface area contributed by atoms with Crippen LogP contribution in [0.15, 0.2) is 24.5 Å². The number of ketones is 1. The first kappa shape index (κ1) is 10.9. The van der Waals surface area contributed by atoms with Gasteiger partial charge in [0.15, 0.2) is 5.78 Å². The largest absolute Gasteiger partial charge is 0.328 e. The minimum absolute atomic E-state index is 0.168. The Balaban J connectivity index is 2.53. The summed E-state index contributed by atoms with van der Waals surface area (Å²) in [6.45, 7) is 6.11. The quantitative estimate of drug-likeness (QED) is 0.738. The van der Waals surface area contributed by atoms with Crippen LogP contribution in [0.2, 0.25) is 0 Å². The summed E-state index contributed by atoms with van der Waals surface area (Å²) < 4.78 is 2.11. The third-order valence-corrected chi connectivity index (χ3v) is 2.77. The zero-order valence-corrected chi connectivity index (χ0v) is 9.90. The molecule has 0 aliphatic carbocycles. The number of benzene rings is 1. The first-order valence-corrected chi connectivity index (χ1v) is 5.63. The van der Waals surface area contributed by atoms with Crippen molar-refractivity contribution in [2.45, 2.75) is 33.2 Å². The van der Waals surface area contributed by atoms with Crippen molar-refractivity contribution in [3.63, 3.8) is 0 Å². The molecule has 3 heteroatoms. The Hall–Kier alpha value is -1.64. The van der Waals surface area contributed by atoms with E-state index >= 15 is 0 Å². The van der Waals surface area contributed by atoms with E-state index in [1.165, 1.54) is 0 Å². The molecule has 0 saturated heterocycles. The summed E-state index contributed by atoms with van der Waals surface area (Å²) in [5.41, 5.74) is 2.74. The van der Waals surface area contributed by atoms with Crippen LogP contribution in [0, 0.1) is 0 Å². The Morgan fingerprint density at radius 2 is 2.19 bits per heavy atom. The van der Waals surface area contributed by atoms with Crippen molar-refractivity contribution >= 4 is 16.8 Å². The van der Waals surface area contributed by atoms with Crippen molar-refractivity contribution in [3.8, 4) is 0 Å². The monoisotopic (exact) mass is 216 g/mol. The second-order valence-electron chi connectivity index (χ2n) is 4.23. The molecule has 0 fully saturated rings. The molecule has 3 nitrogen and oxygen atoms in total. The normalized spacial score (nSPS) is 11.2. The number of fused-ring (bicyclic) bond motifs is 1. The summed E-state index contributed by atoms with van der Waals surface area (Å²) in [5, 5.41) is 0. The molecular weight excluding hydrogens is 200 g/mol. The Kier molecular flexibility index (Phi) is 2.77. The number of hydrogen-bond acceptors (Lipinski definition) is 2. The molecule has 0 atom stereocenters. The molecule has 1 aromatic heterocycles. The Morgan fingerprint density at radius 1 is 1.44 bits per heavy atom. The maximum atomic E-state index is 11.6. The summed E-state index contributed by atoms with van der Waals surface area (Å²) in [5.74, 6) is 0.168. The van der Waals surface area contributed by atoms with E-state index in [1.54, 1.807) is 0 Å². The number of imidazole rings is 1. The van der Waals surface area contributed by atoms with Crippen LogP contribution in [0.1, 0.15) is 43.6 Å². The van der Waals surface area contributed by atoms with E-state index in [0.29, 0.717) is 12.5 Å². The zero-order valence-electron chi connectivity index (χ0n) is 9.90. The topological polar surface area (TPSA) is 34.9 Å². The van der Waals surface area contributed by atoms with Crippen molar-refractivity contribution in [1.82, 2.24) is 9.55 Å². The SMILES string of the molecule is CCC(=O)c1ccc2c(c1)ncn2C(C)C. The van der Waals surface area contributed by atoms with Gasteiger partial charge in [0, 0.05) is 18.0 Å². The second kappa shape index (κ2) is 4.08. The molecule has 0 aliphatic rings. The van der Waals surface area contributed by atoms with Crippen LogP contribution in [0.25, 0.3) is 11.0 Å². The third kappa shape index (κ3) is 1.73. The average Bonchev–Trinajstić information content (AvgIpc) is 2.70. The maximum absolute atomic E-state index is 11.6. The van der Waals surface area contributed by atoms with Crippen molar-refractivity contribution in [2.75, 3.05) is 0 Å². The highest BCUT2D eigenvalue weighted by Gasteiger charge is 2.08. The maximum Gasteiger partial charge on any atom is 0.162 e. The van der Waals surface area contributed by atoms with Crippen molar-refractivity contribution < 1.29 is 4.79 Å². The second-order valence-corrected chi connectivity index (χ2v) is 4.23. The van der Waals surface area contributed by atoms with Gasteiger partial charge in [-0.3, -0.25) is 4.79 Å². The highest BCUT2D eigenvalue weighted by molar-refractivity contribution is 5.98. The number of carbonyl (C=O) groups excluding carboxylic acids is 1. The Morgan fingerprint density at radius 3 is 2.81 bits per heavy atom. The van der Waals surface area contributed by atoms with Gasteiger partial charge in [-0.25, -0.2) is 4.98 Å². The molecule has 2 aromatic rings. The van der Waals surface area contributed by atoms with E-state index in [4.69, 9.17) is 0 Å². The van der Waals surface area contributed by atoms with Crippen molar-refractivity contribution in [2.24, 2.45) is 0 Å². The van der Waals surface area contributed by atoms with Gasteiger partial charge in [-0.2, -0.15) is 0 Å². The number of rotatable bonds is 3. The molecule has 0 saturated carbocycles. The first-order chi connectivity index (χ1) is 7.63. The van der Waals surface area contributed by atoms with E-state index in [9.17, 15) is 4.79 Å². The van der Waals surface area contributed by atoms with Gasteiger partial charge < -0.3 is 4.57 Å². The summed E-state index contributed by atoms with van der Waals surface area (Å²) in [4.78, 5) is 15.9. The number of hydrogen-bond donors (Lipinski definition) is 0. The number of carbonyl (C=O) groups is 1. The van der Waals surface area contributed by atoms with Gasteiger partial charge >= 0.3 is 0 Å². The van der Waals surface area contributed by atoms with E-state index in [1.807, 2.05) is 31.5 Å². The molecule has 16 heavy (non-hydrogen) atoms. The van der Waals surface area contributed by atoms with Crippen molar-refractivity contribution in [1.29, 1.82) is 0 Å². The molecule has 0 bridgehead atoms. The first-order valence-electron chi connectivity index (χ1n) is 5.63. The van der Waals surface area contributed by atoms with E-state index < -0.39 is 0 Å². The summed E-state index contributed by atoms with van der Waals surface area (Å²) in [6, 6.07) is 6.12. The summed E-state index contributed by atoms with van der Waals surface area (Å²) in [7, 11) is 0. The Labute approximate surface area is 95.1 Å². The van der Waals surface area contributed by atoms with E-state index in [0.717, 1.165) is 16.6 Å². The van der Waals surface area contributed by atoms with Crippen LogP contribution >= 0.6 is 0 Å². The lowest BCUT2D eigenvalue weighted by atomic mass is 10.1. The van der Waals surface area contributed by atoms with Crippen LogP contribution in [0.3, 0.4) is 0 Å². The average molecular weight is 216 g/mol. The number of Topliss-reactive ketones (excluding diaryl/α,β-unsaturated/α-hetero) is 1. The fourth-order valence-corrected chi connectivity index (χ4v) is 1.82. The molecule has 84 valence electrons.